The molecule has 2 nitrogen and oxygen atoms in total. The van der Waals surface area contributed by atoms with Crippen LogP contribution in [-0.2, 0) is 6.54 Å². The van der Waals surface area contributed by atoms with Gasteiger partial charge in [0.05, 0.1) is 0 Å². The Hall–Kier alpha value is -2.35. The fraction of sp³-hybridized carbons (Fsp3) is 0.211. The zero-order chi connectivity index (χ0) is 15.1. The Balaban J connectivity index is 2.15. The van der Waals surface area contributed by atoms with Crippen molar-refractivity contribution in [1.82, 2.24) is 0 Å². The van der Waals surface area contributed by atoms with Gasteiger partial charge in [-0.25, -0.2) is 0 Å². The Bertz CT molecular complexity index is 610. The largest absolute Gasteiger partial charge is 0.378 e. The zero-order valence-corrected chi connectivity index (χ0v) is 12.9. The smallest absolute Gasteiger partial charge is 0.205 e. The molecule has 0 fully saturated rings. The second-order valence-electron chi connectivity index (χ2n) is 5.22. The van der Waals surface area contributed by atoms with Crippen molar-refractivity contribution in [3.05, 3.63) is 72.6 Å². The first kappa shape index (κ1) is 15.0. The molecule has 0 bridgehead atoms. The first-order valence-corrected chi connectivity index (χ1v) is 7.25. The van der Waals surface area contributed by atoms with Gasteiger partial charge in [0.1, 0.15) is 0 Å². The van der Waals surface area contributed by atoms with Gasteiger partial charge in [0.25, 0.3) is 0 Å². The highest BCUT2D eigenvalue weighted by Crippen LogP contribution is 2.14. The molecule has 0 N–H and O–H groups in total. The number of aryl methyl sites for hydroxylation is 1. The number of pyridine rings is 1. The molecule has 0 unspecified atom stereocenters. The molecule has 2 aromatic rings. The summed E-state index contributed by atoms with van der Waals surface area (Å²) in [6, 6.07) is 14.8. The maximum Gasteiger partial charge on any atom is 0.205 e. The molecule has 2 heteroatoms. The van der Waals surface area contributed by atoms with Crippen LogP contribution in [0.4, 0.5) is 5.69 Å². The third-order valence-electron chi connectivity index (χ3n) is 3.41. The van der Waals surface area contributed by atoms with E-state index in [0.29, 0.717) is 0 Å². The summed E-state index contributed by atoms with van der Waals surface area (Å²) in [5, 5.41) is 0. The van der Waals surface area contributed by atoms with E-state index in [9.17, 15) is 0 Å². The second kappa shape index (κ2) is 7.44. The predicted molar refractivity (Wildman–Crippen MR) is 91.1 cm³/mol. The molecule has 1 aromatic carbocycles. The van der Waals surface area contributed by atoms with Crippen molar-refractivity contribution in [3.8, 4) is 0 Å². The van der Waals surface area contributed by atoms with E-state index in [4.69, 9.17) is 0 Å². The molecule has 0 aliphatic rings. The molecule has 1 aromatic heterocycles. The number of hydrogen-bond acceptors (Lipinski definition) is 1. The van der Waals surface area contributed by atoms with E-state index in [-0.39, 0.29) is 0 Å². The summed E-state index contributed by atoms with van der Waals surface area (Å²) in [6.45, 7) is 4.75. The van der Waals surface area contributed by atoms with Gasteiger partial charge in [-0.15, -0.1) is 6.58 Å². The lowest BCUT2D eigenvalue weighted by Crippen LogP contribution is -2.36. The van der Waals surface area contributed by atoms with Crippen LogP contribution >= 0.6 is 0 Å². The van der Waals surface area contributed by atoms with E-state index >= 15 is 0 Å². The fourth-order valence-corrected chi connectivity index (χ4v) is 2.14. The molecule has 0 aliphatic heterocycles. The van der Waals surface area contributed by atoms with Crippen molar-refractivity contribution in [2.45, 2.75) is 13.0 Å². The highest BCUT2D eigenvalue weighted by atomic mass is 15.1. The average Bonchev–Trinajstić information content (AvgIpc) is 2.52. The van der Waals surface area contributed by atoms with Crippen molar-refractivity contribution in [3.63, 3.8) is 0 Å². The maximum atomic E-state index is 3.79. The first-order valence-electron chi connectivity index (χ1n) is 7.25. The molecule has 0 amide bonds. The molecular formula is C19H23N2+. The summed E-state index contributed by atoms with van der Waals surface area (Å²) in [7, 11) is 4.11. The van der Waals surface area contributed by atoms with Crippen LogP contribution in [-0.4, -0.2) is 14.1 Å². The molecule has 1 heterocycles. The second-order valence-corrected chi connectivity index (χ2v) is 5.22. The van der Waals surface area contributed by atoms with E-state index in [0.717, 1.165) is 13.0 Å². The van der Waals surface area contributed by atoms with Crippen molar-refractivity contribution < 1.29 is 4.57 Å². The summed E-state index contributed by atoms with van der Waals surface area (Å²) >= 11 is 0. The first-order chi connectivity index (χ1) is 10.2. The van der Waals surface area contributed by atoms with Gasteiger partial charge in [-0.3, -0.25) is 0 Å². The van der Waals surface area contributed by atoms with Gasteiger partial charge >= 0.3 is 0 Å². The van der Waals surface area contributed by atoms with Crippen LogP contribution in [0.1, 0.15) is 17.7 Å². The Kier molecular flexibility index (Phi) is 5.33. The third kappa shape index (κ3) is 4.32. The predicted octanol–water partition coefficient (Wildman–Crippen LogP) is 3.79. The van der Waals surface area contributed by atoms with Crippen LogP contribution in [0.25, 0.3) is 12.2 Å². The molecule has 21 heavy (non-hydrogen) atoms. The highest BCUT2D eigenvalue weighted by molar-refractivity contribution is 5.68. The number of anilines is 1. The molecule has 0 radical (unpaired) electrons. The van der Waals surface area contributed by atoms with Crippen molar-refractivity contribution in [1.29, 1.82) is 0 Å². The van der Waals surface area contributed by atoms with Crippen LogP contribution in [0, 0.1) is 0 Å². The van der Waals surface area contributed by atoms with Crippen molar-refractivity contribution in [2.24, 2.45) is 0 Å². The summed E-state index contributed by atoms with van der Waals surface area (Å²) in [5.41, 5.74) is 3.63. The SMILES string of the molecule is C=CCC[n+]1ccccc1C=Cc1ccc(N(C)C)cc1. The van der Waals surface area contributed by atoms with Crippen LogP contribution in [0.2, 0.25) is 0 Å². The monoisotopic (exact) mass is 279 g/mol. The lowest BCUT2D eigenvalue weighted by atomic mass is 10.1. The molecule has 108 valence electrons. The average molecular weight is 279 g/mol. The number of benzene rings is 1. The molecule has 0 saturated heterocycles. The van der Waals surface area contributed by atoms with Gasteiger partial charge in [0.2, 0.25) is 5.69 Å². The topological polar surface area (TPSA) is 7.12 Å². The summed E-state index contributed by atoms with van der Waals surface area (Å²) in [4.78, 5) is 2.11. The number of hydrogen-bond donors (Lipinski definition) is 0. The molecule has 0 saturated carbocycles. The number of rotatable bonds is 6. The van der Waals surface area contributed by atoms with E-state index in [1.54, 1.807) is 0 Å². The van der Waals surface area contributed by atoms with E-state index < -0.39 is 0 Å². The Morgan fingerprint density at radius 3 is 2.48 bits per heavy atom. The standard InChI is InChI=1S/C19H23N2/c1-4-5-15-21-16-7-6-8-19(21)14-11-17-9-12-18(13-10-17)20(2)3/h4,6-14,16H,1,5,15H2,2-3H3/q+1. The molecule has 0 aliphatic carbocycles. The van der Waals surface area contributed by atoms with Crippen LogP contribution in [0.3, 0.4) is 0 Å². The zero-order valence-electron chi connectivity index (χ0n) is 12.9. The van der Waals surface area contributed by atoms with Crippen LogP contribution < -0.4 is 9.47 Å². The maximum absolute atomic E-state index is 3.79. The summed E-state index contributed by atoms with van der Waals surface area (Å²) in [6.07, 6.45) is 9.35. The summed E-state index contributed by atoms with van der Waals surface area (Å²) in [5.74, 6) is 0. The molecule has 2 rings (SSSR count). The van der Waals surface area contributed by atoms with Gasteiger partial charge in [0, 0.05) is 44.4 Å². The van der Waals surface area contributed by atoms with Crippen molar-refractivity contribution >= 4 is 17.8 Å². The van der Waals surface area contributed by atoms with Crippen molar-refractivity contribution in [2.75, 3.05) is 19.0 Å². The van der Waals surface area contributed by atoms with Gasteiger partial charge in [-0.05, 0) is 29.8 Å². The Labute approximate surface area is 127 Å². The van der Waals surface area contributed by atoms with E-state index in [2.05, 4.69) is 91.0 Å². The Morgan fingerprint density at radius 2 is 1.81 bits per heavy atom. The van der Waals surface area contributed by atoms with Gasteiger partial charge in [-0.2, -0.15) is 4.57 Å². The minimum absolute atomic E-state index is 0.962. The van der Waals surface area contributed by atoms with Gasteiger partial charge < -0.3 is 4.90 Å². The van der Waals surface area contributed by atoms with Gasteiger partial charge in [0.15, 0.2) is 12.7 Å². The van der Waals surface area contributed by atoms with Gasteiger partial charge in [-0.1, -0.05) is 18.2 Å². The molecule has 0 spiro atoms. The van der Waals surface area contributed by atoms with Crippen LogP contribution in [0.5, 0.6) is 0 Å². The fourth-order valence-electron chi connectivity index (χ4n) is 2.14. The minimum Gasteiger partial charge on any atom is -0.378 e. The Morgan fingerprint density at radius 1 is 1.05 bits per heavy atom. The lowest BCUT2D eigenvalue weighted by Gasteiger charge is -2.11. The number of allylic oxidation sites excluding steroid dienone is 1. The third-order valence-corrected chi connectivity index (χ3v) is 3.41. The lowest BCUT2D eigenvalue weighted by molar-refractivity contribution is -0.697. The number of aromatic nitrogens is 1. The van der Waals surface area contributed by atoms with Crippen LogP contribution in [0.15, 0.2) is 61.3 Å². The minimum atomic E-state index is 0.962. The summed E-state index contributed by atoms with van der Waals surface area (Å²) < 4.78 is 2.24. The molecule has 0 atom stereocenters. The van der Waals surface area contributed by atoms with E-state index in [1.165, 1.54) is 16.9 Å². The highest BCUT2D eigenvalue weighted by Gasteiger charge is 2.04. The molecular weight excluding hydrogens is 256 g/mol. The number of nitrogens with zero attached hydrogens (tertiary/aromatic N) is 2. The quantitative estimate of drug-likeness (QED) is 0.576. The normalized spacial score (nSPS) is 10.8. The van der Waals surface area contributed by atoms with E-state index in [1.807, 2.05) is 6.08 Å².